The molecule has 0 amide bonds. The van der Waals surface area contributed by atoms with E-state index in [2.05, 4.69) is 10.2 Å². The Morgan fingerprint density at radius 1 is 1.18 bits per heavy atom. The SMILES string of the molecule is COC(OC)c1sc(N=Nc2c(C)c(C#N)c(O)n(CCCOC(C)C)c2=O)c(C#N)c1Cl. The van der Waals surface area contributed by atoms with Crippen LogP contribution >= 0.6 is 22.9 Å². The molecule has 0 radical (unpaired) electrons. The molecule has 1 N–H and O–H groups in total. The number of azo groups is 1. The number of hydrogen-bond acceptors (Lipinski definition) is 10. The standard InChI is InChI=1S/C21H24ClN5O5S/c1-11(2)32-8-6-7-27-19(28)13(9-23)12(3)16(20(27)29)25-26-18-14(10-24)15(22)17(33-18)21(30-4)31-5/h11,21,28H,6-8H2,1-5H3. The van der Waals surface area contributed by atoms with Crippen LogP contribution in [-0.2, 0) is 20.8 Å². The topological polar surface area (TPSA) is 142 Å². The van der Waals surface area contributed by atoms with Crippen molar-refractivity contribution < 1.29 is 19.3 Å². The lowest BCUT2D eigenvalue weighted by atomic mass is 10.1. The predicted octanol–water partition coefficient (Wildman–Crippen LogP) is 4.84. The monoisotopic (exact) mass is 493 g/mol. The van der Waals surface area contributed by atoms with Crippen molar-refractivity contribution in [3.8, 4) is 18.0 Å². The molecule has 12 heteroatoms. The zero-order chi connectivity index (χ0) is 24.7. The van der Waals surface area contributed by atoms with Crippen LogP contribution in [0.2, 0.25) is 5.02 Å². The van der Waals surface area contributed by atoms with Crippen LogP contribution in [-0.4, -0.2) is 36.6 Å². The van der Waals surface area contributed by atoms with Gasteiger partial charge in [-0.3, -0.25) is 9.36 Å². The Balaban J connectivity index is 2.52. The normalized spacial score (nSPS) is 11.5. The first-order valence-corrected chi connectivity index (χ1v) is 11.1. The van der Waals surface area contributed by atoms with Gasteiger partial charge in [-0.05, 0) is 27.2 Å². The van der Waals surface area contributed by atoms with Crippen molar-refractivity contribution in [1.29, 1.82) is 10.5 Å². The van der Waals surface area contributed by atoms with Gasteiger partial charge in [-0.2, -0.15) is 10.5 Å². The summed E-state index contributed by atoms with van der Waals surface area (Å²) in [7, 11) is 2.85. The largest absolute Gasteiger partial charge is 0.493 e. The number of hydrogen-bond donors (Lipinski definition) is 1. The van der Waals surface area contributed by atoms with Gasteiger partial charge in [-0.1, -0.05) is 11.6 Å². The molecule has 0 unspecified atom stereocenters. The Bertz CT molecular complexity index is 1170. The molecule has 0 aromatic carbocycles. The van der Waals surface area contributed by atoms with E-state index < -0.39 is 17.7 Å². The van der Waals surface area contributed by atoms with E-state index in [0.29, 0.717) is 17.9 Å². The van der Waals surface area contributed by atoms with Gasteiger partial charge in [0, 0.05) is 32.9 Å². The number of halogens is 1. The van der Waals surface area contributed by atoms with Crippen molar-refractivity contribution in [2.45, 2.75) is 46.1 Å². The molecule has 2 aromatic rings. The zero-order valence-corrected chi connectivity index (χ0v) is 20.5. The Hall–Kier alpha value is -2.80. The van der Waals surface area contributed by atoms with Gasteiger partial charge < -0.3 is 19.3 Å². The molecule has 0 aliphatic heterocycles. The Labute approximate surface area is 200 Å². The minimum absolute atomic E-state index is 0.0278. The van der Waals surface area contributed by atoms with Crippen LogP contribution in [0.4, 0.5) is 10.7 Å². The summed E-state index contributed by atoms with van der Waals surface area (Å²) in [5.41, 5.74) is -0.601. The van der Waals surface area contributed by atoms with E-state index in [1.165, 1.54) is 21.1 Å². The number of nitriles is 2. The van der Waals surface area contributed by atoms with Crippen molar-refractivity contribution in [1.82, 2.24) is 4.57 Å². The highest BCUT2D eigenvalue weighted by molar-refractivity contribution is 7.16. The van der Waals surface area contributed by atoms with Crippen LogP contribution in [0.5, 0.6) is 5.88 Å². The lowest BCUT2D eigenvalue weighted by molar-refractivity contribution is -0.103. The van der Waals surface area contributed by atoms with Crippen molar-refractivity contribution in [3.63, 3.8) is 0 Å². The van der Waals surface area contributed by atoms with Crippen LogP contribution in [0.3, 0.4) is 0 Å². The fourth-order valence-electron chi connectivity index (χ4n) is 2.95. The Kier molecular flexibility index (Phi) is 9.53. The third-order valence-electron chi connectivity index (χ3n) is 4.60. The molecule has 0 spiro atoms. The summed E-state index contributed by atoms with van der Waals surface area (Å²) in [6.07, 6.45) is -0.335. The molecule has 33 heavy (non-hydrogen) atoms. The maximum atomic E-state index is 13.0. The number of ether oxygens (including phenoxy) is 3. The maximum absolute atomic E-state index is 13.0. The zero-order valence-electron chi connectivity index (χ0n) is 18.9. The predicted molar refractivity (Wildman–Crippen MR) is 123 cm³/mol. The van der Waals surface area contributed by atoms with E-state index >= 15 is 0 Å². The fraction of sp³-hybridized carbons (Fsp3) is 0.476. The van der Waals surface area contributed by atoms with Crippen molar-refractivity contribution in [2.24, 2.45) is 10.2 Å². The number of pyridine rings is 1. The molecule has 2 aromatic heterocycles. The smallest absolute Gasteiger partial charge is 0.281 e. The summed E-state index contributed by atoms with van der Waals surface area (Å²) in [4.78, 5) is 13.5. The van der Waals surface area contributed by atoms with E-state index in [1.54, 1.807) is 0 Å². The molecule has 0 aliphatic carbocycles. The van der Waals surface area contributed by atoms with Gasteiger partial charge >= 0.3 is 0 Å². The van der Waals surface area contributed by atoms with E-state index in [1.807, 2.05) is 26.0 Å². The second kappa shape index (κ2) is 11.9. The number of aromatic nitrogens is 1. The molecular weight excluding hydrogens is 470 g/mol. The third-order valence-corrected chi connectivity index (χ3v) is 6.20. The first-order chi connectivity index (χ1) is 15.7. The summed E-state index contributed by atoms with van der Waals surface area (Å²) in [6.45, 7) is 5.77. The van der Waals surface area contributed by atoms with Gasteiger partial charge in [-0.25, -0.2) is 0 Å². The third kappa shape index (κ3) is 5.77. The highest BCUT2D eigenvalue weighted by Crippen LogP contribution is 2.43. The average molecular weight is 494 g/mol. The van der Waals surface area contributed by atoms with Gasteiger partial charge in [0.25, 0.3) is 5.56 Å². The number of nitrogens with zero attached hydrogens (tertiary/aromatic N) is 5. The average Bonchev–Trinajstić information content (AvgIpc) is 3.09. The first-order valence-electron chi connectivity index (χ1n) is 9.89. The van der Waals surface area contributed by atoms with E-state index in [4.69, 9.17) is 25.8 Å². The lowest BCUT2D eigenvalue weighted by Crippen LogP contribution is -2.23. The lowest BCUT2D eigenvalue weighted by Gasteiger charge is -2.13. The molecule has 0 bridgehead atoms. The van der Waals surface area contributed by atoms with Gasteiger partial charge in [0.2, 0.25) is 5.88 Å². The van der Waals surface area contributed by atoms with Crippen LogP contribution in [0.15, 0.2) is 15.0 Å². The summed E-state index contributed by atoms with van der Waals surface area (Å²) in [5, 5.41) is 37.8. The van der Waals surface area contributed by atoms with Crippen molar-refractivity contribution >= 4 is 33.6 Å². The van der Waals surface area contributed by atoms with Gasteiger partial charge in [0.05, 0.1) is 16.0 Å². The summed E-state index contributed by atoms with van der Waals surface area (Å²) < 4.78 is 16.9. The molecule has 0 saturated carbocycles. The second-order valence-corrected chi connectivity index (χ2v) is 8.50. The quantitative estimate of drug-likeness (QED) is 0.283. The Morgan fingerprint density at radius 3 is 2.36 bits per heavy atom. The minimum atomic E-state index is -0.801. The molecule has 0 atom stereocenters. The molecule has 10 nitrogen and oxygen atoms in total. The summed E-state index contributed by atoms with van der Waals surface area (Å²) in [6, 6.07) is 3.86. The number of rotatable bonds is 10. The van der Waals surface area contributed by atoms with E-state index in [0.717, 1.165) is 15.9 Å². The van der Waals surface area contributed by atoms with Gasteiger partial charge in [-0.15, -0.1) is 21.6 Å². The van der Waals surface area contributed by atoms with E-state index in [-0.39, 0.29) is 45.1 Å². The fourth-order valence-corrected chi connectivity index (χ4v) is 4.36. The number of thiophene rings is 1. The van der Waals surface area contributed by atoms with Gasteiger partial charge in [0.15, 0.2) is 17.0 Å². The molecule has 2 rings (SSSR count). The van der Waals surface area contributed by atoms with Crippen LogP contribution in [0.25, 0.3) is 0 Å². The first kappa shape index (κ1) is 26.5. The molecule has 0 fully saturated rings. The molecule has 2 heterocycles. The highest BCUT2D eigenvalue weighted by atomic mass is 35.5. The molecule has 0 aliphatic rings. The number of aromatic hydroxyl groups is 1. The Morgan fingerprint density at radius 2 is 1.82 bits per heavy atom. The minimum Gasteiger partial charge on any atom is -0.493 e. The van der Waals surface area contributed by atoms with Crippen molar-refractivity contribution in [2.75, 3.05) is 20.8 Å². The maximum Gasteiger partial charge on any atom is 0.281 e. The van der Waals surface area contributed by atoms with Crippen molar-refractivity contribution in [3.05, 3.63) is 36.9 Å². The van der Waals surface area contributed by atoms with Gasteiger partial charge in [0.1, 0.15) is 23.3 Å². The second-order valence-electron chi connectivity index (χ2n) is 7.09. The highest BCUT2D eigenvalue weighted by Gasteiger charge is 2.24. The van der Waals surface area contributed by atoms with Crippen LogP contribution in [0.1, 0.15) is 48.1 Å². The molecular formula is C21H24ClN5O5S. The number of methoxy groups -OCH3 is 2. The summed E-state index contributed by atoms with van der Waals surface area (Å²) in [5.74, 6) is -0.439. The summed E-state index contributed by atoms with van der Waals surface area (Å²) >= 11 is 7.32. The van der Waals surface area contributed by atoms with Crippen LogP contribution in [0, 0.1) is 29.6 Å². The molecule has 176 valence electrons. The van der Waals surface area contributed by atoms with E-state index in [9.17, 15) is 20.4 Å². The molecule has 0 saturated heterocycles. The van der Waals surface area contributed by atoms with Crippen LogP contribution < -0.4 is 5.56 Å².